The first kappa shape index (κ1) is 19.6. The first-order chi connectivity index (χ1) is 14.2. The minimum atomic E-state index is -5.01. The molecule has 4 aliphatic rings. The van der Waals surface area contributed by atoms with Gasteiger partial charge in [-0.2, -0.15) is 13.2 Å². The van der Waals surface area contributed by atoms with Crippen LogP contribution in [-0.2, 0) is 4.79 Å². The van der Waals surface area contributed by atoms with E-state index in [-0.39, 0.29) is 5.56 Å². The molecule has 4 saturated carbocycles. The maximum Gasteiger partial charge on any atom is 0.450 e. The average molecular weight is 415 g/mol. The molecule has 30 heavy (non-hydrogen) atoms. The van der Waals surface area contributed by atoms with E-state index >= 15 is 0 Å². The molecule has 1 heterocycles. The molecule has 4 aliphatic carbocycles. The van der Waals surface area contributed by atoms with Crippen LogP contribution < -0.4 is 0 Å². The summed E-state index contributed by atoms with van der Waals surface area (Å²) in [6.07, 6.45) is 3.50. The highest BCUT2D eigenvalue weighted by atomic mass is 19.4. The summed E-state index contributed by atoms with van der Waals surface area (Å²) in [7, 11) is 0. The Morgan fingerprint density at radius 1 is 0.900 bits per heavy atom. The van der Waals surface area contributed by atoms with Crippen molar-refractivity contribution in [2.75, 3.05) is 0 Å². The van der Waals surface area contributed by atoms with Gasteiger partial charge < -0.3 is 4.57 Å². The van der Waals surface area contributed by atoms with E-state index in [2.05, 4.69) is 0 Å². The van der Waals surface area contributed by atoms with Crippen molar-refractivity contribution < 1.29 is 22.8 Å². The summed E-state index contributed by atoms with van der Waals surface area (Å²) in [6, 6.07) is 10.3. The molecule has 4 fully saturated rings. The Balaban J connectivity index is 1.51. The zero-order chi connectivity index (χ0) is 21.1. The Morgan fingerprint density at radius 3 is 1.87 bits per heavy atom. The lowest BCUT2D eigenvalue weighted by atomic mass is 9.45. The zero-order valence-corrected chi connectivity index (χ0v) is 16.6. The molecule has 0 spiro atoms. The predicted molar refractivity (Wildman–Crippen MR) is 105 cm³/mol. The first-order valence-electron chi connectivity index (χ1n) is 10.6. The second-order valence-corrected chi connectivity index (χ2v) is 9.58. The van der Waals surface area contributed by atoms with Crippen LogP contribution >= 0.6 is 0 Å². The number of nitrogens with zero attached hydrogens (tertiary/aromatic N) is 1. The number of benzene rings is 1. The molecule has 0 saturated heterocycles. The van der Waals surface area contributed by atoms with Gasteiger partial charge in [0, 0.05) is 23.6 Å². The van der Waals surface area contributed by atoms with Crippen molar-refractivity contribution in [3.05, 3.63) is 54.4 Å². The molecule has 1 aromatic carbocycles. The van der Waals surface area contributed by atoms with Gasteiger partial charge in [-0.1, -0.05) is 0 Å². The molecule has 158 valence electrons. The van der Waals surface area contributed by atoms with Gasteiger partial charge in [0.1, 0.15) is 0 Å². The summed E-state index contributed by atoms with van der Waals surface area (Å²) < 4.78 is 42.7. The molecule has 0 radical (unpaired) electrons. The van der Waals surface area contributed by atoms with Crippen molar-refractivity contribution in [3.63, 3.8) is 0 Å². The molecule has 0 aliphatic heterocycles. The number of aromatic nitrogens is 1. The van der Waals surface area contributed by atoms with Gasteiger partial charge in [-0.15, -0.1) is 0 Å². The van der Waals surface area contributed by atoms with Gasteiger partial charge in [0.05, 0.1) is 5.92 Å². The Morgan fingerprint density at radius 2 is 1.40 bits per heavy atom. The van der Waals surface area contributed by atoms with Crippen LogP contribution in [0, 0.1) is 29.1 Å². The van der Waals surface area contributed by atoms with E-state index in [9.17, 15) is 22.8 Å². The Bertz CT molecular complexity index is 924. The molecule has 6 heteroatoms. The van der Waals surface area contributed by atoms with Crippen molar-refractivity contribution in [2.45, 2.75) is 44.7 Å². The van der Waals surface area contributed by atoms with Crippen LogP contribution in [0.5, 0.6) is 0 Å². The van der Waals surface area contributed by atoms with E-state index in [0.29, 0.717) is 37.0 Å². The van der Waals surface area contributed by atoms with Crippen LogP contribution in [0.3, 0.4) is 0 Å². The van der Waals surface area contributed by atoms with Crippen LogP contribution in [0.4, 0.5) is 13.2 Å². The molecular weight excluding hydrogens is 391 g/mol. The SMILES string of the molecule is O=C(c1ccc(-n2cccc2)cc1)[C@H](C(=O)C(F)(F)F)C12CC3CC(CC(C3)C1)C2. The maximum atomic E-state index is 13.6. The van der Waals surface area contributed by atoms with Crippen molar-refractivity contribution in [1.29, 1.82) is 0 Å². The lowest BCUT2D eigenvalue weighted by Gasteiger charge is -2.58. The van der Waals surface area contributed by atoms with E-state index in [4.69, 9.17) is 0 Å². The fraction of sp³-hybridized carbons (Fsp3) is 0.500. The van der Waals surface area contributed by atoms with E-state index in [0.717, 1.165) is 24.9 Å². The third-order valence-electron chi connectivity index (χ3n) is 7.56. The third kappa shape index (κ3) is 3.21. The molecule has 3 nitrogen and oxygen atoms in total. The lowest BCUT2D eigenvalue weighted by molar-refractivity contribution is -0.183. The number of carbonyl (C=O) groups excluding carboxylic acids is 2. The largest absolute Gasteiger partial charge is 0.450 e. The number of hydrogen-bond donors (Lipinski definition) is 0. The number of carbonyl (C=O) groups is 2. The number of Topliss-reactive ketones (excluding diaryl/α,β-unsaturated/α-hetero) is 2. The van der Waals surface area contributed by atoms with Crippen LogP contribution in [0.2, 0.25) is 0 Å². The highest BCUT2D eigenvalue weighted by molar-refractivity contribution is 6.13. The van der Waals surface area contributed by atoms with E-state index < -0.39 is 29.1 Å². The summed E-state index contributed by atoms with van der Waals surface area (Å²) >= 11 is 0. The molecule has 0 unspecified atom stereocenters. The van der Waals surface area contributed by atoms with Gasteiger partial charge >= 0.3 is 6.18 Å². The zero-order valence-electron chi connectivity index (χ0n) is 16.6. The average Bonchev–Trinajstić information content (AvgIpc) is 3.21. The second-order valence-electron chi connectivity index (χ2n) is 9.58. The topological polar surface area (TPSA) is 39.1 Å². The van der Waals surface area contributed by atoms with Crippen LogP contribution in [-0.4, -0.2) is 22.3 Å². The van der Waals surface area contributed by atoms with Crippen LogP contribution in [0.1, 0.15) is 48.9 Å². The fourth-order valence-electron chi connectivity index (χ4n) is 6.84. The quantitative estimate of drug-likeness (QED) is 0.469. The van der Waals surface area contributed by atoms with Crippen molar-refractivity contribution in [3.8, 4) is 5.69 Å². The Hall–Kier alpha value is -2.37. The minimum Gasteiger partial charge on any atom is -0.324 e. The standard InChI is InChI=1S/C24H24F3NO2/c25-24(26,27)22(30)20(23-12-15-9-16(13-23)11-17(10-15)14-23)21(29)18-3-5-19(6-4-18)28-7-1-2-8-28/h1-8,15-17,20H,9-14H2/t15?,16?,17?,20-,23?/m1/s1. The van der Waals surface area contributed by atoms with Crippen molar-refractivity contribution in [2.24, 2.45) is 29.1 Å². The number of halogens is 3. The van der Waals surface area contributed by atoms with E-state index in [1.54, 1.807) is 24.3 Å². The maximum absolute atomic E-state index is 13.6. The third-order valence-corrected chi connectivity index (χ3v) is 7.56. The number of hydrogen-bond acceptors (Lipinski definition) is 2. The molecular formula is C24H24F3NO2. The molecule has 1 atom stereocenters. The normalized spacial score (nSPS) is 31.0. The molecule has 0 amide bonds. The number of alkyl halides is 3. The highest BCUT2D eigenvalue weighted by Gasteiger charge is 2.61. The smallest absolute Gasteiger partial charge is 0.324 e. The summed E-state index contributed by atoms with van der Waals surface area (Å²) in [5.74, 6) is -3.10. The summed E-state index contributed by atoms with van der Waals surface area (Å²) in [6.45, 7) is 0. The summed E-state index contributed by atoms with van der Waals surface area (Å²) in [5, 5.41) is 0. The van der Waals surface area contributed by atoms with Crippen molar-refractivity contribution >= 4 is 11.6 Å². The van der Waals surface area contributed by atoms with Gasteiger partial charge in [0.15, 0.2) is 5.78 Å². The van der Waals surface area contributed by atoms with E-state index in [1.807, 2.05) is 29.1 Å². The molecule has 4 bridgehead atoms. The Kier molecular flexibility index (Phi) is 4.46. The summed E-state index contributed by atoms with van der Waals surface area (Å²) in [5.41, 5.74) is 0.159. The number of rotatable bonds is 5. The van der Waals surface area contributed by atoms with E-state index in [1.165, 1.54) is 0 Å². The summed E-state index contributed by atoms with van der Waals surface area (Å²) in [4.78, 5) is 26.0. The highest BCUT2D eigenvalue weighted by Crippen LogP contribution is 2.63. The number of ketones is 2. The molecule has 1 aromatic heterocycles. The van der Waals surface area contributed by atoms with Gasteiger partial charge in [-0.05, 0) is 98.1 Å². The second kappa shape index (κ2) is 6.82. The van der Waals surface area contributed by atoms with Gasteiger partial charge in [0.25, 0.3) is 0 Å². The minimum absolute atomic E-state index is 0.184. The lowest BCUT2D eigenvalue weighted by Crippen LogP contribution is -2.55. The predicted octanol–water partition coefficient (Wildman–Crippen LogP) is 5.62. The van der Waals surface area contributed by atoms with Crippen molar-refractivity contribution in [1.82, 2.24) is 4.57 Å². The first-order valence-corrected chi connectivity index (χ1v) is 10.6. The van der Waals surface area contributed by atoms with Crippen LogP contribution in [0.25, 0.3) is 5.69 Å². The van der Waals surface area contributed by atoms with Gasteiger partial charge in [0.2, 0.25) is 5.78 Å². The van der Waals surface area contributed by atoms with Gasteiger partial charge in [-0.3, -0.25) is 9.59 Å². The fourth-order valence-corrected chi connectivity index (χ4v) is 6.84. The monoisotopic (exact) mass is 415 g/mol. The molecule has 6 rings (SSSR count). The Labute approximate surface area is 173 Å². The molecule has 2 aromatic rings. The van der Waals surface area contributed by atoms with Crippen LogP contribution in [0.15, 0.2) is 48.8 Å². The van der Waals surface area contributed by atoms with Gasteiger partial charge in [-0.25, -0.2) is 0 Å². The molecule has 0 N–H and O–H groups in total.